The van der Waals surface area contributed by atoms with Crippen molar-refractivity contribution in [3.63, 3.8) is 0 Å². The fourth-order valence-corrected chi connectivity index (χ4v) is 3.82. The maximum Gasteiger partial charge on any atom is 0.251 e. The summed E-state index contributed by atoms with van der Waals surface area (Å²) in [6, 6.07) is 19.8. The Bertz CT molecular complexity index is 1200. The summed E-state index contributed by atoms with van der Waals surface area (Å²) in [5.41, 5.74) is 7.87. The van der Waals surface area contributed by atoms with Crippen LogP contribution >= 0.6 is 0 Å². The monoisotopic (exact) mass is 413 g/mol. The molecule has 1 amide bonds. The molecular formula is C25H27N5O. The van der Waals surface area contributed by atoms with Gasteiger partial charge in [-0.3, -0.25) is 9.48 Å². The first-order chi connectivity index (χ1) is 14.9. The molecule has 0 radical (unpaired) electrons. The molecule has 0 fully saturated rings. The molecule has 0 atom stereocenters. The van der Waals surface area contributed by atoms with Crippen LogP contribution in [0.15, 0.2) is 60.7 Å². The Balaban J connectivity index is 1.43. The molecule has 0 unspecified atom stereocenters. The van der Waals surface area contributed by atoms with Crippen molar-refractivity contribution in [2.24, 2.45) is 0 Å². The molecule has 0 aliphatic carbocycles. The number of hydrogen-bond acceptors (Lipinski definition) is 3. The Kier molecular flexibility index (Phi) is 5.71. The summed E-state index contributed by atoms with van der Waals surface area (Å²) in [5, 5.41) is 12.2. The van der Waals surface area contributed by atoms with E-state index in [1.165, 1.54) is 5.56 Å². The van der Waals surface area contributed by atoms with Crippen LogP contribution in [-0.4, -0.2) is 25.5 Å². The summed E-state index contributed by atoms with van der Waals surface area (Å²) in [7, 11) is 0. The standard InChI is InChI=1S/C25H27N5O/c1-17-14-18(2)30(27-17)23-12-10-22(11-13-23)25(31)26-15-24-19(3)28-29(20(24)4)16-21-8-6-5-7-9-21/h5-14H,15-16H2,1-4H3,(H,26,31). The van der Waals surface area contributed by atoms with Crippen LogP contribution in [-0.2, 0) is 13.1 Å². The van der Waals surface area contributed by atoms with Gasteiger partial charge in [0.2, 0.25) is 0 Å². The van der Waals surface area contributed by atoms with E-state index in [0.29, 0.717) is 12.1 Å². The van der Waals surface area contributed by atoms with Gasteiger partial charge in [0.1, 0.15) is 0 Å². The van der Waals surface area contributed by atoms with Gasteiger partial charge in [0, 0.05) is 29.1 Å². The van der Waals surface area contributed by atoms with Crippen LogP contribution in [0.5, 0.6) is 0 Å². The third-order valence-electron chi connectivity index (χ3n) is 5.52. The minimum absolute atomic E-state index is 0.102. The minimum atomic E-state index is -0.102. The predicted molar refractivity (Wildman–Crippen MR) is 121 cm³/mol. The first-order valence-electron chi connectivity index (χ1n) is 10.4. The second kappa shape index (κ2) is 8.60. The van der Waals surface area contributed by atoms with Crippen LogP contribution < -0.4 is 5.32 Å². The molecule has 4 rings (SSSR count). The van der Waals surface area contributed by atoms with Crippen molar-refractivity contribution in [2.45, 2.75) is 40.8 Å². The van der Waals surface area contributed by atoms with Crippen LogP contribution in [0.3, 0.4) is 0 Å². The molecule has 0 aliphatic heterocycles. The molecule has 0 aliphatic rings. The number of hydrogen-bond donors (Lipinski definition) is 1. The first kappa shape index (κ1) is 20.6. The van der Waals surface area contributed by atoms with Gasteiger partial charge in [0.15, 0.2) is 0 Å². The maximum atomic E-state index is 12.7. The third-order valence-corrected chi connectivity index (χ3v) is 5.52. The number of nitrogens with one attached hydrogen (secondary N) is 1. The van der Waals surface area contributed by atoms with E-state index in [1.54, 1.807) is 0 Å². The first-order valence-corrected chi connectivity index (χ1v) is 10.4. The van der Waals surface area contributed by atoms with Gasteiger partial charge in [-0.1, -0.05) is 30.3 Å². The molecule has 1 N–H and O–H groups in total. The van der Waals surface area contributed by atoms with E-state index < -0.39 is 0 Å². The smallest absolute Gasteiger partial charge is 0.251 e. The highest BCUT2D eigenvalue weighted by molar-refractivity contribution is 5.94. The molecular weight excluding hydrogens is 386 g/mol. The second-order valence-corrected chi connectivity index (χ2v) is 7.86. The predicted octanol–water partition coefficient (Wildman–Crippen LogP) is 4.28. The molecule has 0 spiro atoms. The molecule has 2 aromatic carbocycles. The highest BCUT2D eigenvalue weighted by atomic mass is 16.1. The lowest BCUT2D eigenvalue weighted by atomic mass is 10.1. The molecule has 6 nitrogen and oxygen atoms in total. The van der Waals surface area contributed by atoms with Crippen LogP contribution in [0.1, 0.15) is 44.3 Å². The maximum absolute atomic E-state index is 12.7. The zero-order chi connectivity index (χ0) is 22.0. The van der Waals surface area contributed by atoms with E-state index in [4.69, 9.17) is 0 Å². The lowest BCUT2D eigenvalue weighted by Crippen LogP contribution is -2.23. The molecule has 4 aromatic rings. The van der Waals surface area contributed by atoms with Gasteiger partial charge < -0.3 is 5.32 Å². The van der Waals surface area contributed by atoms with Crippen molar-refractivity contribution in [1.82, 2.24) is 24.9 Å². The van der Waals surface area contributed by atoms with Gasteiger partial charge in [-0.15, -0.1) is 0 Å². The van der Waals surface area contributed by atoms with Crippen molar-refractivity contribution in [1.29, 1.82) is 0 Å². The van der Waals surface area contributed by atoms with Gasteiger partial charge >= 0.3 is 0 Å². The van der Waals surface area contributed by atoms with E-state index in [-0.39, 0.29) is 5.91 Å². The quantitative estimate of drug-likeness (QED) is 0.513. The second-order valence-electron chi connectivity index (χ2n) is 7.86. The summed E-state index contributed by atoms with van der Waals surface area (Å²) in [5.74, 6) is -0.102. The van der Waals surface area contributed by atoms with Gasteiger partial charge in [-0.25, -0.2) is 4.68 Å². The highest BCUT2D eigenvalue weighted by Crippen LogP contribution is 2.16. The average molecular weight is 414 g/mol. The number of carbonyl (C=O) groups excluding carboxylic acids is 1. The average Bonchev–Trinajstić information content (AvgIpc) is 3.24. The minimum Gasteiger partial charge on any atom is -0.348 e. The van der Waals surface area contributed by atoms with Gasteiger partial charge in [0.05, 0.1) is 23.6 Å². The Morgan fingerprint density at radius 1 is 0.935 bits per heavy atom. The fraction of sp³-hybridized carbons (Fsp3) is 0.240. The molecule has 0 saturated carbocycles. The Morgan fingerprint density at radius 2 is 1.65 bits per heavy atom. The molecule has 158 valence electrons. The van der Waals surface area contributed by atoms with Crippen LogP contribution in [0.2, 0.25) is 0 Å². The number of benzene rings is 2. The molecule has 6 heteroatoms. The van der Waals surface area contributed by atoms with Crippen molar-refractivity contribution >= 4 is 5.91 Å². The van der Waals surface area contributed by atoms with Crippen molar-refractivity contribution in [3.8, 4) is 5.69 Å². The van der Waals surface area contributed by atoms with Crippen molar-refractivity contribution in [3.05, 3.63) is 100 Å². The van der Waals surface area contributed by atoms with Crippen molar-refractivity contribution in [2.75, 3.05) is 0 Å². The van der Waals surface area contributed by atoms with E-state index in [1.807, 2.05) is 85.6 Å². The SMILES string of the molecule is Cc1cc(C)n(-c2ccc(C(=O)NCc3c(C)nn(Cc4ccccc4)c3C)cc2)n1. The van der Waals surface area contributed by atoms with E-state index in [2.05, 4.69) is 27.6 Å². The van der Waals surface area contributed by atoms with E-state index >= 15 is 0 Å². The lowest BCUT2D eigenvalue weighted by molar-refractivity contribution is 0.0951. The Morgan fingerprint density at radius 3 is 2.29 bits per heavy atom. The van der Waals surface area contributed by atoms with Crippen LogP contribution in [0, 0.1) is 27.7 Å². The van der Waals surface area contributed by atoms with Crippen LogP contribution in [0.4, 0.5) is 0 Å². The molecule has 0 bridgehead atoms. The zero-order valence-corrected chi connectivity index (χ0v) is 18.4. The molecule has 2 heterocycles. The van der Waals surface area contributed by atoms with Gasteiger partial charge in [-0.05, 0) is 63.6 Å². The van der Waals surface area contributed by atoms with Gasteiger partial charge in [0.25, 0.3) is 5.91 Å². The summed E-state index contributed by atoms with van der Waals surface area (Å²) in [6.45, 7) is 9.19. The summed E-state index contributed by atoms with van der Waals surface area (Å²) in [6.07, 6.45) is 0. The van der Waals surface area contributed by atoms with E-state index in [9.17, 15) is 4.79 Å². The van der Waals surface area contributed by atoms with E-state index in [0.717, 1.165) is 40.6 Å². The Labute approximate surface area is 182 Å². The zero-order valence-electron chi connectivity index (χ0n) is 18.4. The number of carbonyl (C=O) groups is 1. The number of aromatic nitrogens is 4. The normalized spacial score (nSPS) is 11.0. The molecule has 2 aromatic heterocycles. The lowest BCUT2D eigenvalue weighted by Gasteiger charge is -2.09. The molecule has 31 heavy (non-hydrogen) atoms. The highest BCUT2D eigenvalue weighted by Gasteiger charge is 2.14. The van der Waals surface area contributed by atoms with Gasteiger partial charge in [-0.2, -0.15) is 10.2 Å². The summed E-state index contributed by atoms with van der Waals surface area (Å²) >= 11 is 0. The molecule has 0 saturated heterocycles. The number of amides is 1. The fourth-order valence-electron chi connectivity index (χ4n) is 3.82. The summed E-state index contributed by atoms with van der Waals surface area (Å²) < 4.78 is 3.88. The Hall–Kier alpha value is -3.67. The topological polar surface area (TPSA) is 64.7 Å². The number of rotatable bonds is 6. The largest absolute Gasteiger partial charge is 0.348 e. The van der Waals surface area contributed by atoms with Crippen LogP contribution in [0.25, 0.3) is 5.69 Å². The summed E-state index contributed by atoms with van der Waals surface area (Å²) in [4.78, 5) is 12.7. The van der Waals surface area contributed by atoms with Crippen molar-refractivity contribution < 1.29 is 4.79 Å². The number of aryl methyl sites for hydroxylation is 3. The third kappa shape index (κ3) is 4.43. The number of nitrogens with zero attached hydrogens (tertiary/aromatic N) is 4.